The van der Waals surface area contributed by atoms with Gasteiger partial charge in [-0.1, -0.05) is 23.7 Å². The van der Waals surface area contributed by atoms with Crippen molar-refractivity contribution in [1.82, 2.24) is 0 Å². The third-order valence-corrected chi connectivity index (χ3v) is 2.61. The molecule has 0 aromatic heterocycles. The van der Waals surface area contributed by atoms with Crippen LogP contribution in [0.15, 0.2) is 35.5 Å². The van der Waals surface area contributed by atoms with E-state index in [9.17, 15) is 0 Å². The number of hydrogen-bond donors (Lipinski definition) is 1. The van der Waals surface area contributed by atoms with Crippen molar-refractivity contribution < 1.29 is 0 Å². The second-order valence-electron chi connectivity index (χ2n) is 3.57. The first-order valence-corrected chi connectivity index (χ1v) is 5.44. The molecule has 5 heteroatoms. The van der Waals surface area contributed by atoms with Crippen LogP contribution in [-0.2, 0) is 6.42 Å². The third-order valence-electron chi connectivity index (χ3n) is 2.37. The van der Waals surface area contributed by atoms with E-state index in [2.05, 4.69) is 0 Å². The molecule has 0 amide bonds. The van der Waals surface area contributed by atoms with Crippen molar-refractivity contribution in [3.8, 4) is 18.2 Å². The molecule has 0 aliphatic carbocycles. The molecule has 0 aliphatic rings. The van der Waals surface area contributed by atoms with Crippen LogP contribution in [0.5, 0.6) is 0 Å². The topological polar surface area (TPSA) is 97.4 Å². The molecule has 1 aromatic carbocycles. The zero-order valence-corrected chi connectivity index (χ0v) is 10.1. The molecule has 0 unspecified atom stereocenters. The summed E-state index contributed by atoms with van der Waals surface area (Å²) >= 11 is 5.84. The number of halogens is 1. The van der Waals surface area contributed by atoms with Crippen molar-refractivity contribution in [2.24, 2.45) is 11.7 Å². The van der Waals surface area contributed by atoms with Crippen LogP contribution in [0.25, 0.3) is 0 Å². The molecule has 1 aromatic rings. The van der Waals surface area contributed by atoms with Crippen LogP contribution in [-0.4, -0.2) is 0 Å². The van der Waals surface area contributed by atoms with Gasteiger partial charge < -0.3 is 5.73 Å². The van der Waals surface area contributed by atoms with Gasteiger partial charge in [0.2, 0.25) is 0 Å². The fourth-order valence-electron chi connectivity index (χ4n) is 1.45. The minimum Gasteiger partial charge on any atom is -0.399 e. The summed E-state index contributed by atoms with van der Waals surface area (Å²) in [6.07, 6.45) is 0.315. The molecule has 18 heavy (non-hydrogen) atoms. The molecule has 1 atom stereocenters. The molecule has 0 radical (unpaired) electrons. The Balaban J connectivity index is 3.02. The summed E-state index contributed by atoms with van der Waals surface area (Å²) in [5, 5.41) is 27.0. The number of nitrogens with zero attached hydrogens (tertiary/aromatic N) is 3. The Morgan fingerprint density at radius 1 is 1.28 bits per heavy atom. The van der Waals surface area contributed by atoms with Crippen LogP contribution < -0.4 is 5.73 Å². The molecule has 88 valence electrons. The summed E-state index contributed by atoms with van der Waals surface area (Å²) < 4.78 is 0. The lowest BCUT2D eigenvalue weighted by Crippen LogP contribution is -2.15. The van der Waals surface area contributed by atoms with Gasteiger partial charge in [0.1, 0.15) is 17.7 Å². The van der Waals surface area contributed by atoms with Crippen LogP contribution in [0.2, 0.25) is 5.02 Å². The molecule has 4 nitrogen and oxygen atoms in total. The zero-order chi connectivity index (χ0) is 13.5. The zero-order valence-electron chi connectivity index (χ0n) is 9.39. The summed E-state index contributed by atoms with van der Waals surface area (Å²) in [4.78, 5) is 0. The molecular formula is C13H9ClN4. The highest BCUT2D eigenvalue weighted by molar-refractivity contribution is 6.30. The molecule has 0 saturated heterocycles. The van der Waals surface area contributed by atoms with Crippen LogP contribution in [0.4, 0.5) is 0 Å². The second kappa shape index (κ2) is 6.30. The Morgan fingerprint density at radius 2 is 1.94 bits per heavy atom. The highest BCUT2D eigenvalue weighted by Crippen LogP contribution is 2.18. The van der Waals surface area contributed by atoms with Crippen molar-refractivity contribution in [1.29, 1.82) is 15.8 Å². The molecule has 0 heterocycles. The predicted molar refractivity (Wildman–Crippen MR) is 66.7 cm³/mol. The molecule has 0 bridgehead atoms. The minimum atomic E-state index is -0.710. The second-order valence-corrected chi connectivity index (χ2v) is 4.01. The lowest BCUT2D eigenvalue weighted by atomic mass is 9.95. The van der Waals surface area contributed by atoms with Gasteiger partial charge in [-0.25, -0.2) is 0 Å². The number of allylic oxidation sites excluding steroid dienone is 2. The minimum absolute atomic E-state index is 0.00229. The highest BCUT2D eigenvalue weighted by Gasteiger charge is 2.16. The first-order chi connectivity index (χ1) is 8.62. The van der Waals surface area contributed by atoms with Gasteiger partial charge in [0.05, 0.1) is 17.7 Å². The van der Waals surface area contributed by atoms with Crippen LogP contribution in [0.1, 0.15) is 5.56 Å². The molecule has 0 spiro atoms. The monoisotopic (exact) mass is 256 g/mol. The van der Waals surface area contributed by atoms with E-state index in [-0.39, 0.29) is 11.3 Å². The van der Waals surface area contributed by atoms with Gasteiger partial charge in [0, 0.05) is 5.02 Å². The quantitative estimate of drug-likeness (QED) is 0.839. The fraction of sp³-hybridized carbons (Fsp3) is 0.154. The lowest BCUT2D eigenvalue weighted by molar-refractivity contribution is 0.753. The van der Waals surface area contributed by atoms with Crippen molar-refractivity contribution in [3.05, 3.63) is 46.1 Å². The number of rotatable bonds is 3. The lowest BCUT2D eigenvalue weighted by Gasteiger charge is -2.09. The number of hydrogen-bond acceptors (Lipinski definition) is 4. The standard InChI is InChI=1S/C13H9ClN4/c14-12-3-1-2-9(5-12)4-10(6-15)13(18)11(7-16)8-17/h1-3,5,10H,4,18H2/t10-/m0/s1. The van der Waals surface area contributed by atoms with Gasteiger partial charge in [0.25, 0.3) is 0 Å². The van der Waals surface area contributed by atoms with E-state index in [0.29, 0.717) is 11.4 Å². The van der Waals surface area contributed by atoms with Gasteiger partial charge in [-0.2, -0.15) is 15.8 Å². The third kappa shape index (κ3) is 3.25. The van der Waals surface area contributed by atoms with Crippen molar-refractivity contribution in [3.63, 3.8) is 0 Å². The maximum atomic E-state index is 9.05. The number of benzene rings is 1. The van der Waals surface area contributed by atoms with Crippen molar-refractivity contribution in [2.45, 2.75) is 6.42 Å². The molecule has 0 fully saturated rings. The molecule has 0 saturated carbocycles. The first kappa shape index (κ1) is 13.6. The van der Waals surface area contributed by atoms with Gasteiger partial charge in [-0.05, 0) is 24.1 Å². The Hall–Kier alpha value is -2.48. The van der Waals surface area contributed by atoms with E-state index in [0.717, 1.165) is 5.56 Å². The normalized spacial score (nSPS) is 10.6. The summed E-state index contributed by atoms with van der Waals surface area (Å²) in [5.74, 6) is -0.710. The molecular weight excluding hydrogens is 248 g/mol. The maximum absolute atomic E-state index is 9.05. The van der Waals surface area contributed by atoms with Gasteiger partial charge in [-0.15, -0.1) is 0 Å². The van der Waals surface area contributed by atoms with Crippen LogP contribution in [0, 0.1) is 39.9 Å². The van der Waals surface area contributed by atoms with Crippen LogP contribution >= 0.6 is 11.6 Å². The largest absolute Gasteiger partial charge is 0.399 e. The average Bonchev–Trinajstić information content (AvgIpc) is 2.37. The fourth-order valence-corrected chi connectivity index (χ4v) is 1.67. The predicted octanol–water partition coefficient (Wildman–Crippen LogP) is 2.28. The summed E-state index contributed by atoms with van der Waals surface area (Å²) in [7, 11) is 0. The summed E-state index contributed by atoms with van der Waals surface area (Å²) in [5.41, 5.74) is 6.27. The SMILES string of the molecule is N#CC(C#N)=C(N)[C@H](C#N)Cc1cccc(Cl)c1. The number of nitriles is 3. The van der Waals surface area contributed by atoms with E-state index < -0.39 is 5.92 Å². The van der Waals surface area contributed by atoms with E-state index in [4.69, 9.17) is 33.1 Å². The van der Waals surface area contributed by atoms with Gasteiger partial charge in [-0.3, -0.25) is 0 Å². The molecule has 0 aliphatic heterocycles. The Bertz CT molecular complexity index is 583. The summed E-state index contributed by atoms with van der Waals surface area (Å²) in [6.45, 7) is 0. The molecule has 1 rings (SSSR count). The van der Waals surface area contributed by atoms with E-state index in [1.165, 1.54) is 0 Å². The van der Waals surface area contributed by atoms with Crippen molar-refractivity contribution >= 4 is 11.6 Å². The Labute approximate surface area is 110 Å². The summed E-state index contributed by atoms with van der Waals surface area (Å²) in [6, 6.07) is 12.4. The number of nitrogens with two attached hydrogens (primary N) is 1. The van der Waals surface area contributed by atoms with Gasteiger partial charge >= 0.3 is 0 Å². The van der Waals surface area contributed by atoms with Crippen LogP contribution in [0.3, 0.4) is 0 Å². The molecule has 2 N–H and O–H groups in total. The smallest absolute Gasteiger partial charge is 0.149 e. The Kier molecular flexibility index (Phi) is 4.76. The Morgan fingerprint density at radius 3 is 2.44 bits per heavy atom. The van der Waals surface area contributed by atoms with E-state index >= 15 is 0 Å². The van der Waals surface area contributed by atoms with Gasteiger partial charge in [0.15, 0.2) is 0 Å². The highest BCUT2D eigenvalue weighted by atomic mass is 35.5. The van der Waals surface area contributed by atoms with E-state index in [1.807, 2.05) is 12.1 Å². The van der Waals surface area contributed by atoms with Crippen molar-refractivity contribution in [2.75, 3.05) is 0 Å². The average molecular weight is 257 g/mol. The maximum Gasteiger partial charge on any atom is 0.149 e. The van der Waals surface area contributed by atoms with E-state index in [1.54, 1.807) is 30.3 Å². The first-order valence-electron chi connectivity index (χ1n) is 5.06.